The topological polar surface area (TPSA) is 64.3 Å². The number of nitrogens with zero attached hydrogens (tertiary/aromatic N) is 4. The lowest BCUT2D eigenvalue weighted by Gasteiger charge is -2.16. The molecule has 0 bridgehead atoms. The molecule has 0 radical (unpaired) electrons. The van der Waals surface area contributed by atoms with E-state index in [9.17, 15) is 5.11 Å². The van der Waals surface area contributed by atoms with Crippen LogP contribution < -0.4 is 9.47 Å². The van der Waals surface area contributed by atoms with Crippen molar-refractivity contribution in [3.05, 3.63) is 120 Å². The Kier molecular flexibility index (Phi) is 11.6. The largest absolute Gasteiger partial charge is 0.494 e. The van der Waals surface area contributed by atoms with Crippen LogP contribution in [0, 0.1) is 11.8 Å². The standard InChI is InChI=1S/C49H58N4O4/c1-55-35-44-30-39-11-10-37(32-49(39)53(44)42-14-18-46(19-15-42)56-26-6-23-50-21-4-5-22-50)47-31-40(47)28-36-20-25-51(33-36)24-7-27-57-45-16-12-41(13-17-45)52-43(34-54)29-38-8-2-3-9-48(38)52/h2-3,8-19,29-30,32,36,40,47,54H,4-7,20-28,31,33-35H2,1H3/t36?,40?,47-/m1/s1. The number of fused-ring (bicyclic) bond motifs is 2. The molecule has 3 aliphatic rings. The lowest BCUT2D eigenvalue weighted by molar-refractivity contribution is 0.180. The van der Waals surface area contributed by atoms with Crippen LogP contribution in [-0.2, 0) is 18.0 Å². The van der Waals surface area contributed by atoms with Crippen molar-refractivity contribution < 1.29 is 19.3 Å². The first kappa shape index (κ1) is 37.9. The van der Waals surface area contributed by atoms with E-state index in [1.807, 2.05) is 24.3 Å². The summed E-state index contributed by atoms with van der Waals surface area (Å²) in [4.78, 5) is 5.19. The van der Waals surface area contributed by atoms with Gasteiger partial charge in [0.1, 0.15) is 11.5 Å². The first-order valence-corrected chi connectivity index (χ1v) is 21.4. The summed E-state index contributed by atoms with van der Waals surface area (Å²) in [6.07, 6.45) is 8.69. The van der Waals surface area contributed by atoms with Crippen molar-refractivity contribution in [3.63, 3.8) is 0 Å². The second-order valence-corrected chi connectivity index (χ2v) is 16.6. The number of likely N-dealkylation sites (tertiary alicyclic amines) is 2. The van der Waals surface area contributed by atoms with Crippen LogP contribution in [0.1, 0.15) is 67.8 Å². The summed E-state index contributed by atoms with van der Waals surface area (Å²) in [6.45, 7) is 9.14. The summed E-state index contributed by atoms with van der Waals surface area (Å²) >= 11 is 0. The van der Waals surface area contributed by atoms with Gasteiger partial charge in [-0.3, -0.25) is 0 Å². The molecule has 2 unspecified atom stereocenters. The van der Waals surface area contributed by atoms with E-state index in [0.29, 0.717) is 19.1 Å². The molecule has 4 heterocycles. The van der Waals surface area contributed by atoms with E-state index in [1.54, 1.807) is 7.11 Å². The van der Waals surface area contributed by atoms with Crippen LogP contribution in [0.25, 0.3) is 33.2 Å². The Labute approximate surface area is 337 Å². The Morgan fingerprint density at radius 1 is 0.667 bits per heavy atom. The van der Waals surface area contributed by atoms with Crippen molar-refractivity contribution in [2.45, 2.75) is 64.1 Å². The van der Waals surface area contributed by atoms with Crippen LogP contribution in [0.2, 0.25) is 0 Å². The number of benzene rings is 4. The maximum absolute atomic E-state index is 9.97. The minimum absolute atomic E-state index is 0.000493. The molecule has 3 atom stereocenters. The Morgan fingerprint density at radius 3 is 2.02 bits per heavy atom. The summed E-state index contributed by atoms with van der Waals surface area (Å²) in [5.41, 5.74) is 8.08. The SMILES string of the molecule is COCc1cc2ccc([C@H]3CC3CC3CCN(CCCOc4ccc(-n5c(CO)cc6ccccc65)cc4)C3)cc2n1-c1ccc(OCCCN2CCCC2)cc1. The average molecular weight is 767 g/mol. The summed E-state index contributed by atoms with van der Waals surface area (Å²) in [7, 11) is 1.78. The maximum Gasteiger partial charge on any atom is 0.119 e. The number of para-hydroxylation sites is 1. The van der Waals surface area contributed by atoms with Crippen molar-refractivity contribution in [3.8, 4) is 22.9 Å². The molecular formula is C49H58N4O4. The van der Waals surface area contributed by atoms with Gasteiger partial charge >= 0.3 is 0 Å². The highest BCUT2D eigenvalue weighted by atomic mass is 16.5. The predicted molar refractivity (Wildman–Crippen MR) is 229 cm³/mol. The van der Waals surface area contributed by atoms with Crippen LogP contribution in [0.4, 0.5) is 0 Å². The van der Waals surface area contributed by atoms with Crippen molar-refractivity contribution in [2.24, 2.45) is 11.8 Å². The molecule has 0 amide bonds. The van der Waals surface area contributed by atoms with Gasteiger partial charge in [-0.25, -0.2) is 0 Å². The fourth-order valence-corrected chi connectivity index (χ4v) is 9.70. The van der Waals surface area contributed by atoms with Gasteiger partial charge < -0.3 is 38.3 Å². The molecule has 2 aliphatic heterocycles. The molecule has 1 N–H and O–H groups in total. The lowest BCUT2D eigenvalue weighted by Crippen LogP contribution is -2.23. The van der Waals surface area contributed by atoms with E-state index in [-0.39, 0.29) is 6.61 Å². The number of aliphatic hydroxyl groups excluding tert-OH is 1. The molecule has 1 saturated carbocycles. The second-order valence-electron chi connectivity index (χ2n) is 16.6. The Hall–Kier alpha value is -4.60. The molecule has 8 nitrogen and oxygen atoms in total. The molecule has 57 heavy (non-hydrogen) atoms. The summed E-state index contributed by atoms with van der Waals surface area (Å²) in [6, 6.07) is 36.6. The maximum atomic E-state index is 9.97. The monoisotopic (exact) mass is 766 g/mol. The number of aliphatic hydroxyl groups is 1. The minimum atomic E-state index is -0.000493. The van der Waals surface area contributed by atoms with Crippen LogP contribution in [0.5, 0.6) is 11.5 Å². The third-order valence-corrected chi connectivity index (χ3v) is 12.7. The third-order valence-electron chi connectivity index (χ3n) is 12.7. The highest BCUT2D eigenvalue weighted by Crippen LogP contribution is 2.52. The van der Waals surface area contributed by atoms with Gasteiger partial charge in [0, 0.05) is 60.3 Å². The summed E-state index contributed by atoms with van der Waals surface area (Å²) < 4.78 is 22.5. The minimum Gasteiger partial charge on any atom is -0.494 e. The van der Waals surface area contributed by atoms with Crippen molar-refractivity contribution in [2.75, 3.05) is 59.6 Å². The van der Waals surface area contributed by atoms with Crippen LogP contribution in [0.3, 0.4) is 0 Å². The zero-order valence-electron chi connectivity index (χ0n) is 33.5. The van der Waals surface area contributed by atoms with E-state index in [0.717, 1.165) is 83.8 Å². The molecule has 2 aromatic heterocycles. The predicted octanol–water partition coefficient (Wildman–Crippen LogP) is 9.36. The number of methoxy groups -OCH3 is 1. The summed E-state index contributed by atoms with van der Waals surface area (Å²) in [5, 5.41) is 12.4. The van der Waals surface area contributed by atoms with Crippen molar-refractivity contribution in [1.29, 1.82) is 0 Å². The van der Waals surface area contributed by atoms with Gasteiger partial charge in [0.05, 0.1) is 37.5 Å². The molecule has 6 aromatic rings. The molecular weight excluding hydrogens is 709 g/mol. The van der Waals surface area contributed by atoms with Gasteiger partial charge in [-0.1, -0.05) is 30.3 Å². The summed E-state index contributed by atoms with van der Waals surface area (Å²) in [5.74, 6) is 4.04. The average Bonchev–Trinajstić information content (AvgIpc) is 3.68. The number of aromatic nitrogens is 2. The van der Waals surface area contributed by atoms with Crippen molar-refractivity contribution >= 4 is 21.8 Å². The second kappa shape index (κ2) is 17.5. The molecule has 2 saturated heterocycles. The van der Waals surface area contributed by atoms with Gasteiger partial charge in [-0.15, -0.1) is 0 Å². The number of rotatable bonds is 18. The lowest BCUT2D eigenvalue weighted by atomic mass is 9.98. The van der Waals surface area contributed by atoms with Gasteiger partial charge in [-0.2, -0.15) is 0 Å². The fraction of sp³-hybridized carbons (Fsp3) is 0.429. The Balaban J connectivity index is 0.747. The first-order valence-electron chi connectivity index (χ1n) is 21.4. The smallest absolute Gasteiger partial charge is 0.119 e. The van der Waals surface area contributed by atoms with E-state index in [1.165, 1.54) is 80.4 Å². The van der Waals surface area contributed by atoms with Gasteiger partial charge in [0.2, 0.25) is 0 Å². The third kappa shape index (κ3) is 8.65. The van der Waals surface area contributed by atoms with Gasteiger partial charge in [0.15, 0.2) is 0 Å². The molecule has 3 fully saturated rings. The normalized spacial score (nSPS) is 19.9. The van der Waals surface area contributed by atoms with Crippen LogP contribution >= 0.6 is 0 Å². The fourth-order valence-electron chi connectivity index (χ4n) is 9.70. The quantitative estimate of drug-likeness (QED) is 0.0881. The molecule has 9 rings (SSSR count). The van der Waals surface area contributed by atoms with Crippen LogP contribution in [0.15, 0.2) is 103 Å². The van der Waals surface area contributed by atoms with E-state index in [2.05, 4.69) is 97.8 Å². The number of hydrogen-bond donors (Lipinski definition) is 1. The highest BCUT2D eigenvalue weighted by Gasteiger charge is 2.40. The zero-order valence-corrected chi connectivity index (χ0v) is 33.5. The zero-order chi connectivity index (χ0) is 38.6. The molecule has 298 valence electrons. The van der Waals surface area contributed by atoms with E-state index >= 15 is 0 Å². The van der Waals surface area contributed by atoms with E-state index < -0.39 is 0 Å². The van der Waals surface area contributed by atoms with Crippen LogP contribution in [-0.4, -0.2) is 83.6 Å². The Morgan fingerprint density at radius 2 is 1.32 bits per heavy atom. The highest BCUT2D eigenvalue weighted by molar-refractivity contribution is 5.85. The molecule has 4 aromatic carbocycles. The van der Waals surface area contributed by atoms with Gasteiger partial charge in [0.25, 0.3) is 0 Å². The van der Waals surface area contributed by atoms with E-state index in [4.69, 9.17) is 14.2 Å². The Bertz CT molecular complexity index is 2240. The number of ether oxygens (including phenoxy) is 3. The van der Waals surface area contributed by atoms with Gasteiger partial charge in [-0.05, 0) is 161 Å². The van der Waals surface area contributed by atoms with Crippen molar-refractivity contribution in [1.82, 2.24) is 18.9 Å². The molecule has 0 spiro atoms. The first-order chi connectivity index (χ1) is 28.1. The molecule has 8 heteroatoms. The molecule has 1 aliphatic carbocycles. The number of hydrogen-bond acceptors (Lipinski definition) is 6.